The van der Waals surface area contributed by atoms with Crippen molar-refractivity contribution in [3.8, 4) is 0 Å². The molecule has 154 valence electrons. The van der Waals surface area contributed by atoms with Gasteiger partial charge in [0.25, 0.3) is 0 Å². The number of hydrogen-bond acceptors (Lipinski definition) is 8. The molecule has 29 heavy (non-hydrogen) atoms. The van der Waals surface area contributed by atoms with Gasteiger partial charge in [0.05, 0.1) is 43.9 Å². The molecule has 0 saturated carbocycles. The van der Waals surface area contributed by atoms with E-state index in [0.717, 1.165) is 7.11 Å². The molecule has 0 aromatic heterocycles. The highest BCUT2D eigenvalue weighted by Gasteiger charge is 2.36. The van der Waals surface area contributed by atoms with E-state index in [1.807, 2.05) is 0 Å². The van der Waals surface area contributed by atoms with Crippen LogP contribution in [0.15, 0.2) is 29.5 Å². The Morgan fingerprint density at radius 3 is 1.93 bits per heavy atom. The fraction of sp³-hybridized carbons (Fsp3) is 0.316. The average Bonchev–Trinajstić information content (AvgIpc) is 2.70. The minimum atomic E-state index is -1.11. The minimum Gasteiger partial charge on any atom is -0.466 e. The Morgan fingerprint density at radius 2 is 1.45 bits per heavy atom. The third-order valence-electron chi connectivity index (χ3n) is 4.23. The summed E-state index contributed by atoms with van der Waals surface area (Å²) < 4.78 is 14.0. The summed E-state index contributed by atoms with van der Waals surface area (Å²) in [4.78, 5) is 60.5. The lowest BCUT2D eigenvalue weighted by molar-refractivity contribution is -0.139. The number of nitrogens with one attached hydrogen (secondary N) is 2. The van der Waals surface area contributed by atoms with Gasteiger partial charge in [0.2, 0.25) is 11.8 Å². The molecule has 0 unspecified atom stereocenters. The van der Waals surface area contributed by atoms with Crippen LogP contribution in [-0.2, 0) is 28.6 Å². The van der Waals surface area contributed by atoms with Crippen LogP contribution in [0, 0.1) is 5.92 Å². The zero-order chi connectivity index (χ0) is 21.7. The highest BCUT2D eigenvalue weighted by molar-refractivity contribution is 6.07. The number of benzene rings is 1. The first kappa shape index (κ1) is 21.6. The lowest BCUT2D eigenvalue weighted by atomic mass is 9.89. The summed E-state index contributed by atoms with van der Waals surface area (Å²) >= 11 is 0. The second-order valence-electron chi connectivity index (χ2n) is 6.11. The molecule has 10 nitrogen and oxygen atoms in total. The van der Waals surface area contributed by atoms with Crippen LogP contribution in [0.5, 0.6) is 0 Å². The molecule has 2 rings (SSSR count). The van der Waals surface area contributed by atoms with Gasteiger partial charge in [0, 0.05) is 17.8 Å². The van der Waals surface area contributed by atoms with E-state index < -0.39 is 35.6 Å². The number of carbonyl (C=O) groups is 5. The Kier molecular flexibility index (Phi) is 6.71. The second kappa shape index (κ2) is 9.00. The first-order chi connectivity index (χ1) is 13.7. The Balaban J connectivity index is 2.41. The summed E-state index contributed by atoms with van der Waals surface area (Å²) in [6.07, 6.45) is -0.270. The molecule has 0 fully saturated rings. The molecule has 1 aliphatic rings. The summed E-state index contributed by atoms with van der Waals surface area (Å²) in [5.74, 6) is -4.43. The summed E-state index contributed by atoms with van der Waals surface area (Å²) in [6.45, 7) is 1.48. The van der Waals surface area contributed by atoms with Crippen LogP contribution in [-0.4, -0.2) is 51.1 Å². The van der Waals surface area contributed by atoms with Crippen molar-refractivity contribution >= 4 is 35.4 Å². The Hall–Kier alpha value is -3.69. The molecule has 0 aliphatic carbocycles. The Morgan fingerprint density at radius 1 is 0.931 bits per heavy atom. The molecule has 1 heterocycles. The number of methoxy groups -OCH3 is 3. The van der Waals surface area contributed by atoms with Crippen molar-refractivity contribution < 1.29 is 38.2 Å². The molecule has 0 saturated heterocycles. The number of rotatable bonds is 5. The highest BCUT2D eigenvalue weighted by atomic mass is 16.5. The van der Waals surface area contributed by atoms with Crippen molar-refractivity contribution in [3.05, 3.63) is 40.6 Å². The number of allylic oxidation sites excluding steroid dienone is 1. The number of anilines is 1. The maximum atomic E-state index is 12.8. The van der Waals surface area contributed by atoms with Gasteiger partial charge in [-0.25, -0.2) is 14.4 Å². The monoisotopic (exact) mass is 404 g/mol. The van der Waals surface area contributed by atoms with Gasteiger partial charge in [-0.1, -0.05) is 0 Å². The van der Waals surface area contributed by atoms with Crippen LogP contribution in [0.25, 0.3) is 0 Å². The molecule has 2 N–H and O–H groups in total. The van der Waals surface area contributed by atoms with E-state index >= 15 is 0 Å². The molecule has 1 aromatic carbocycles. The second-order valence-corrected chi connectivity index (χ2v) is 6.11. The van der Waals surface area contributed by atoms with E-state index in [-0.39, 0.29) is 34.5 Å². The van der Waals surface area contributed by atoms with Gasteiger partial charge in [-0.3, -0.25) is 9.59 Å². The van der Waals surface area contributed by atoms with E-state index in [0.29, 0.717) is 0 Å². The SMILES string of the molecule is COC(=O)C1=C(C)NC(=O)C[C@@H]1C(=O)Nc1cc(C(=O)OC)cc(C(=O)OC)c1. The highest BCUT2D eigenvalue weighted by Crippen LogP contribution is 2.26. The van der Waals surface area contributed by atoms with Crippen molar-refractivity contribution in [1.29, 1.82) is 0 Å². The smallest absolute Gasteiger partial charge is 0.337 e. The van der Waals surface area contributed by atoms with Gasteiger partial charge in [-0.2, -0.15) is 0 Å². The number of amides is 2. The topological polar surface area (TPSA) is 137 Å². The summed E-state index contributed by atoms with van der Waals surface area (Å²) in [5.41, 5.74) is 0.332. The first-order valence-corrected chi connectivity index (χ1v) is 8.43. The number of hydrogen-bond donors (Lipinski definition) is 2. The van der Waals surface area contributed by atoms with Crippen molar-refractivity contribution in [3.63, 3.8) is 0 Å². The Bertz CT molecular complexity index is 885. The van der Waals surface area contributed by atoms with Crippen LogP contribution in [0.1, 0.15) is 34.1 Å². The molecular weight excluding hydrogens is 384 g/mol. The maximum absolute atomic E-state index is 12.8. The average molecular weight is 404 g/mol. The summed E-state index contributed by atoms with van der Waals surface area (Å²) in [7, 11) is 3.50. The molecule has 1 atom stereocenters. The maximum Gasteiger partial charge on any atom is 0.337 e. The number of ether oxygens (including phenoxy) is 3. The van der Waals surface area contributed by atoms with Crippen molar-refractivity contribution in [2.24, 2.45) is 5.92 Å². The third-order valence-corrected chi connectivity index (χ3v) is 4.23. The molecule has 1 aromatic rings. The quantitative estimate of drug-likeness (QED) is 0.543. The molecule has 0 spiro atoms. The zero-order valence-electron chi connectivity index (χ0n) is 16.3. The molecule has 10 heteroatoms. The lowest BCUT2D eigenvalue weighted by Gasteiger charge is -2.25. The predicted molar refractivity (Wildman–Crippen MR) is 98.7 cm³/mol. The number of esters is 3. The molecular formula is C19H20N2O8. The fourth-order valence-electron chi connectivity index (χ4n) is 2.91. The van der Waals surface area contributed by atoms with Crippen LogP contribution >= 0.6 is 0 Å². The Labute approximate surface area is 166 Å². The van der Waals surface area contributed by atoms with Crippen LogP contribution in [0.4, 0.5) is 5.69 Å². The fourth-order valence-corrected chi connectivity index (χ4v) is 2.91. The van der Waals surface area contributed by atoms with E-state index in [1.54, 1.807) is 0 Å². The van der Waals surface area contributed by atoms with Gasteiger partial charge in [0.1, 0.15) is 0 Å². The first-order valence-electron chi connectivity index (χ1n) is 8.43. The van der Waals surface area contributed by atoms with Gasteiger partial charge in [-0.05, 0) is 25.1 Å². The van der Waals surface area contributed by atoms with Gasteiger partial charge < -0.3 is 24.8 Å². The molecule has 1 aliphatic heterocycles. The predicted octanol–water partition coefficient (Wildman–Crippen LogP) is 0.781. The van der Waals surface area contributed by atoms with E-state index in [9.17, 15) is 24.0 Å². The van der Waals surface area contributed by atoms with E-state index in [4.69, 9.17) is 4.74 Å². The molecule has 0 bridgehead atoms. The van der Waals surface area contributed by atoms with E-state index in [1.165, 1.54) is 39.3 Å². The van der Waals surface area contributed by atoms with Crippen molar-refractivity contribution in [2.45, 2.75) is 13.3 Å². The minimum absolute atomic E-state index is 0.00648. The molecule has 0 radical (unpaired) electrons. The van der Waals surface area contributed by atoms with Crippen LogP contribution < -0.4 is 10.6 Å². The van der Waals surface area contributed by atoms with Crippen LogP contribution in [0.3, 0.4) is 0 Å². The summed E-state index contributed by atoms with van der Waals surface area (Å²) in [6, 6.07) is 3.85. The van der Waals surface area contributed by atoms with Crippen molar-refractivity contribution in [2.75, 3.05) is 26.6 Å². The van der Waals surface area contributed by atoms with Crippen molar-refractivity contribution in [1.82, 2.24) is 5.32 Å². The normalized spacial score (nSPS) is 15.9. The van der Waals surface area contributed by atoms with Gasteiger partial charge in [-0.15, -0.1) is 0 Å². The largest absolute Gasteiger partial charge is 0.466 e. The number of carbonyl (C=O) groups excluding carboxylic acids is 5. The lowest BCUT2D eigenvalue weighted by Crippen LogP contribution is -2.40. The summed E-state index contributed by atoms with van der Waals surface area (Å²) in [5, 5.41) is 5.02. The zero-order valence-corrected chi connectivity index (χ0v) is 16.3. The standard InChI is InChI=1S/C19H20N2O8/c1-9-15(19(26)29-4)13(8-14(22)20-9)16(23)21-12-6-10(17(24)27-2)5-11(7-12)18(25)28-3/h5-7,13H,8H2,1-4H3,(H,20,22)(H,21,23)/t13-/m0/s1. The van der Waals surface area contributed by atoms with Crippen LogP contribution in [0.2, 0.25) is 0 Å². The van der Waals surface area contributed by atoms with Gasteiger partial charge in [0.15, 0.2) is 0 Å². The molecule has 2 amide bonds. The van der Waals surface area contributed by atoms with E-state index in [2.05, 4.69) is 20.1 Å². The van der Waals surface area contributed by atoms with Gasteiger partial charge >= 0.3 is 17.9 Å². The third kappa shape index (κ3) is 4.78.